The Kier molecular flexibility index (Phi) is 4.77. The quantitative estimate of drug-likeness (QED) is 0.755. The minimum absolute atomic E-state index is 0.103. The molecule has 0 saturated carbocycles. The number of aliphatic hydroxyl groups excluding tert-OH is 2. The smallest absolute Gasteiger partial charge is 0.115 e. The Labute approximate surface area is 119 Å². The van der Waals surface area contributed by atoms with E-state index in [9.17, 15) is 15.3 Å². The molecule has 0 fully saturated rings. The molecule has 0 radical (unpaired) electrons. The average molecular weight is 272 g/mol. The van der Waals surface area contributed by atoms with E-state index in [-0.39, 0.29) is 19.0 Å². The lowest BCUT2D eigenvalue weighted by Gasteiger charge is -2.30. The third-order valence-electron chi connectivity index (χ3n) is 3.58. The normalized spacial score (nSPS) is 11.5. The molecular weight excluding hydrogens is 252 g/mol. The largest absolute Gasteiger partial charge is 0.508 e. The predicted molar refractivity (Wildman–Crippen MR) is 78.6 cm³/mol. The summed E-state index contributed by atoms with van der Waals surface area (Å²) in [6, 6.07) is 16.8. The Morgan fingerprint density at radius 2 is 1.35 bits per heavy atom. The van der Waals surface area contributed by atoms with Gasteiger partial charge >= 0.3 is 0 Å². The van der Waals surface area contributed by atoms with Crippen molar-refractivity contribution in [2.24, 2.45) is 5.41 Å². The average Bonchev–Trinajstić information content (AvgIpc) is 2.47. The Hall–Kier alpha value is -1.84. The molecule has 0 saturated heterocycles. The van der Waals surface area contributed by atoms with Gasteiger partial charge in [-0.2, -0.15) is 0 Å². The Balaban J connectivity index is 2.21. The van der Waals surface area contributed by atoms with Gasteiger partial charge in [0.1, 0.15) is 5.75 Å². The first-order valence-corrected chi connectivity index (χ1v) is 6.71. The van der Waals surface area contributed by atoms with Gasteiger partial charge in [-0.15, -0.1) is 0 Å². The standard InChI is InChI=1S/C17H20O3/c18-12-17(13-19,10-14-5-2-1-3-6-14)11-15-7-4-8-16(20)9-15/h1-9,18-20H,10-13H2. The zero-order valence-corrected chi connectivity index (χ0v) is 11.4. The SMILES string of the molecule is OCC(CO)(Cc1ccccc1)Cc1cccc(O)c1. The summed E-state index contributed by atoms with van der Waals surface area (Å²) < 4.78 is 0. The Morgan fingerprint density at radius 1 is 0.750 bits per heavy atom. The van der Waals surface area contributed by atoms with E-state index in [2.05, 4.69) is 0 Å². The number of aromatic hydroxyl groups is 1. The molecule has 0 amide bonds. The van der Waals surface area contributed by atoms with E-state index in [1.165, 1.54) is 0 Å². The molecule has 0 aliphatic rings. The fraction of sp³-hybridized carbons (Fsp3) is 0.294. The van der Waals surface area contributed by atoms with Gasteiger partial charge in [0.25, 0.3) is 0 Å². The third kappa shape index (κ3) is 3.59. The molecule has 0 bridgehead atoms. The first kappa shape index (κ1) is 14.6. The van der Waals surface area contributed by atoms with E-state index >= 15 is 0 Å². The maximum atomic E-state index is 9.75. The van der Waals surface area contributed by atoms with Crippen LogP contribution in [0.4, 0.5) is 0 Å². The summed E-state index contributed by atoms with van der Waals surface area (Å²) in [4.78, 5) is 0. The van der Waals surface area contributed by atoms with E-state index in [0.717, 1.165) is 11.1 Å². The number of hydrogen-bond acceptors (Lipinski definition) is 3. The number of phenols is 1. The highest BCUT2D eigenvalue weighted by molar-refractivity contribution is 5.28. The van der Waals surface area contributed by atoms with Crippen molar-refractivity contribution in [3.05, 3.63) is 65.7 Å². The van der Waals surface area contributed by atoms with Crippen molar-refractivity contribution in [1.29, 1.82) is 0 Å². The van der Waals surface area contributed by atoms with Crippen LogP contribution in [0.25, 0.3) is 0 Å². The highest BCUT2D eigenvalue weighted by atomic mass is 16.3. The topological polar surface area (TPSA) is 60.7 Å². The molecule has 3 N–H and O–H groups in total. The van der Waals surface area contributed by atoms with Crippen molar-refractivity contribution in [3.63, 3.8) is 0 Å². The van der Waals surface area contributed by atoms with Crippen LogP contribution >= 0.6 is 0 Å². The number of phenolic OH excluding ortho intramolecular Hbond substituents is 1. The van der Waals surface area contributed by atoms with Crippen LogP contribution in [-0.4, -0.2) is 28.5 Å². The zero-order valence-electron chi connectivity index (χ0n) is 11.4. The highest BCUT2D eigenvalue weighted by Gasteiger charge is 2.29. The Bertz CT molecular complexity index is 533. The maximum absolute atomic E-state index is 9.75. The van der Waals surface area contributed by atoms with Crippen molar-refractivity contribution in [2.75, 3.05) is 13.2 Å². The molecular formula is C17H20O3. The highest BCUT2D eigenvalue weighted by Crippen LogP contribution is 2.28. The Morgan fingerprint density at radius 3 is 1.95 bits per heavy atom. The lowest BCUT2D eigenvalue weighted by molar-refractivity contribution is 0.0547. The number of rotatable bonds is 6. The van der Waals surface area contributed by atoms with Gasteiger partial charge in [0.05, 0.1) is 13.2 Å². The van der Waals surface area contributed by atoms with Crippen molar-refractivity contribution < 1.29 is 15.3 Å². The van der Waals surface area contributed by atoms with Crippen molar-refractivity contribution in [1.82, 2.24) is 0 Å². The first-order valence-electron chi connectivity index (χ1n) is 6.71. The summed E-state index contributed by atoms with van der Waals surface area (Å²) in [5, 5.41) is 29.0. The molecule has 0 aliphatic heterocycles. The summed E-state index contributed by atoms with van der Waals surface area (Å²) in [6.45, 7) is -0.206. The van der Waals surface area contributed by atoms with E-state index in [1.807, 2.05) is 36.4 Å². The van der Waals surface area contributed by atoms with Gasteiger partial charge in [-0.1, -0.05) is 42.5 Å². The minimum Gasteiger partial charge on any atom is -0.508 e. The molecule has 0 aromatic heterocycles. The first-order chi connectivity index (χ1) is 9.67. The monoisotopic (exact) mass is 272 g/mol. The fourth-order valence-electron chi connectivity index (χ4n) is 2.46. The molecule has 2 aromatic rings. The molecule has 0 aliphatic carbocycles. The molecule has 106 valence electrons. The second-order valence-corrected chi connectivity index (χ2v) is 5.33. The molecule has 0 atom stereocenters. The van der Waals surface area contributed by atoms with Crippen molar-refractivity contribution in [3.8, 4) is 5.75 Å². The van der Waals surface area contributed by atoms with Gasteiger partial charge in [0.2, 0.25) is 0 Å². The van der Waals surface area contributed by atoms with Crippen LogP contribution < -0.4 is 0 Å². The summed E-state index contributed by atoms with van der Waals surface area (Å²) >= 11 is 0. The van der Waals surface area contributed by atoms with Gasteiger partial charge in [-0.3, -0.25) is 0 Å². The number of aliphatic hydroxyl groups is 2. The van der Waals surface area contributed by atoms with Crippen molar-refractivity contribution >= 4 is 0 Å². The molecule has 0 unspecified atom stereocenters. The second kappa shape index (κ2) is 6.55. The van der Waals surface area contributed by atoms with Gasteiger partial charge in [-0.25, -0.2) is 0 Å². The predicted octanol–water partition coefficient (Wildman–Crippen LogP) is 2.15. The third-order valence-corrected chi connectivity index (χ3v) is 3.58. The number of hydrogen-bond donors (Lipinski definition) is 3. The summed E-state index contributed by atoms with van der Waals surface area (Å²) in [7, 11) is 0. The van der Waals surface area contributed by atoms with Crippen LogP contribution in [0.2, 0.25) is 0 Å². The molecule has 0 heterocycles. The van der Waals surface area contributed by atoms with E-state index in [4.69, 9.17) is 0 Å². The fourth-order valence-corrected chi connectivity index (χ4v) is 2.46. The molecule has 20 heavy (non-hydrogen) atoms. The van der Waals surface area contributed by atoms with Crippen LogP contribution in [0.3, 0.4) is 0 Å². The summed E-state index contributed by atoms with van der Waals surface area (Å²) in [5.41, 5.74) is 1.37. The van der Waals surface area contributed by atoms with Crippen molar-refractivity contribution in [2.45, 2.75) is 12.8 Å². The van der Waals surface area contributed by atoms with Gasteiger partial charge in [-0.05, 0) is 36.1 Å². The summed E-state index contributed by atoms with van der Waals surface area (Å²) in [6.07, 6.45) is 1.11. The molecule has 3 nitrogen and oxygen atoms in total. The van der Waals surface area contributed by atoms with Gasteiger partial charge < -0.3 is 15.3 Å². The molecule has 0 spiro atoms. The summed E-state index contributed by atoms with van der Waals surface area (Å²) in [5.74, 6) is 0.201. The molecule has 2 rings (SSSR count). The van der Waals surface area contributed by atoms with Crippen LogP contribution in [0.5, 0.6) is 5.75 Å². The van der Waals surface area contributed by atoms with Crippen LogP contribution in [0.1, 0.15) is 11.1 Å². The lowest BCUT2D eigenvalue weighted by atomic mass is 9.78. The zero-order chi connectivity index (χ0) is 14.4. The van der Waals surface area contributed by atoms with Crippen LogP contribution in [0, 0.1) is 5.41 Å². The molecule has 3 heteroatoms. The second-order valence-electron chi connectivity index (χ2n) is 5.33. The number of benzene rings is 2. The lowest BCUT2D eigenvalue weighted by Crippen LogP contribution is -2.34. The maximum Gasteiger partial charge on any atom is 0.115 e. The van der Waals surface area contributed by atoms with Crippen LogP contribution in [-0.2, 0) is 12.8 Å². The van der Waals surface area contributed by atoms with E-state index in [1.54, 1.807) is 18.2 Å². The van der Waals surface area contributed by atoms with E-state index in [0.29, 0.717) is 12.8 Å². The van der Waals surface area contributed by atoms with Crippen LogP contribution in [0.15, 0.2) is 54.6 Å². The van der Waals surface area contributed by atoms with Gasteiger partial charge in [0, 0.05) is 5.41 Å². The molecule has 2 aromatic carbocycles. The van der Waals surface area contributed by atoms with E-state index < -0.39 is 5.41 Å². The minimum atomic E-state index is -0.616. The van der Waals surface area contributed by atoms with Gasteiger partial charge in [0.15, 0.2) is 0 Å².